The van der Waals surface area contributed by atoms with Gasteiger partial charge in [-0.1, -0.05) is 13.3 Å². The summed E-state index contributed by atoms with van der Waals surface area (Å²) >= 11 is 0. The van der Waals surface area contributed by atoms with Crippen molar-refractivity contribution in [3.05, 3.63) is 0 Å². The van der Waals surface area contributed by atoms with Crippen LogP contribution in [-0.2, 0) is 9.09 Å². The zero-order chi connectivity index (χ0) is 8.20. The van der Waals surface area contributed by atoms with E-state index in [-0.39, 0.29) is 0 Å². The first-order chi connectivity index (χ1) is 4.45. The second-order valence-electron chi connectivity index (χ2n) is 2.16. The van der Waals surface area contributed by atoms with Crippen molar-refractivity contribution in [1.82, 2.24) is 0 Å². The highest BCUT2D eigenvalue weighted by molar-refractivity contribution is 7.46. The Bertz CT molecular complexity index is 133. The Morgan fingerprint density at radius 3 is 2.60 bits per heavy atom. The second-order valence-corrected chi connectivity index (χ2v) is 3.27. The minimum Gasteiger partial charge on any atom is -0.299 e. The molecule has 0 saturated heterocycles. The minimum absolute atomic E-state index is 0.481. The van der Waals surface area contributed by atoms with Crippen LogP contribution in [0.25, 0.3) is 0 Å². The highest BCUT2D eigenvalue weighted by Gasteiger charge is 2.20. The molecule has 1 N–H and O–H groups in total. The quantitative estimate of drug-likeness (QED) is 0.658. The van der Waals surface area contributed by atoms with Gasteiger partial charge in [-0.05, 0) is 13.3 Å². The standard InChI is InChI=1S/C5H12FO3P/c1-3-4-5(2)9-10(6,7)8/h5H,3-4H2,1-2H3,(H,7,8). The first-order valence-corrected chi connectivity index (χ1v) is 4.63. The molecule has 0 amide bonds. The lowest BCUT2D eigenvalue weighted by molar-refractivity contribution is 0.158. The fourth-order valence-corrected chi connectivity index (χ4v) is 1.23. The van der Waals surface area contributed by atoms with Crippen molar-refractivity contribution < 1.29 is 18.2 Å². The molecule has 0 aromatic carbocycles. The Hall–Kier alpha value is 0.0800. The molecule has 0 aromatic rings. The van der Waals surface area contributed by atoms with Crippen LogP contribution in [0, 0.1) is 0 Å². The van der Waals surface area contributed by atoms with Crippen molar-refractivity contribution >= 4 is 7.91 Å². The van der Waals surface area contributed by atoms with Crippen molar-refractivity contribution in [1.29, 1.82) is 0 Å². The molecule has 0 aliphatic rings. The lowest BCUT2D eigenvalue weighted by Gasteiger charge is -2.09. The van der Waals surface area contributed by atoms with Crippen molar-refractivity contribution in [2.75, 3.05) is 0 Å². The molecule has 0 fully saturated rings. The molecule has 10 heavy (non-hydrogen) atoms. The molecule has 3 nitrogen and oxygen atoms in total. The minimum atomic E-state index is -4.75. The molecule has 2 atom stereocenters. The van der Waals surface area contributed by atoms with Gasteiger partial charge in [-0.25, -0.2) is 4.57 Å². The van der Waals surface area contributed by atoms with Crippen LogP contribution in [0.15, 0.2) is 0 Å². The third-order valence-electron chi connectivity index (χ3n) is 1.01. The van der Waals surface area contributed by atoms with Gasteiger partial charge in [0.05, 0.1) is 6.10 Å². The second kappa shape index (κ2) is 4.06. The Morgan fingerprint density at radius 2 is 2.30 bits per heavy atom. The lowest BCUT2D eigenvalue weighted by Crippen LogP contribution is -2.03. The van der Waals surface area contributed by atoms with Crippen LogP contribution in [0.4, 0.5) is 4.20 Å². The van der Waals surface area contributed by atoms with Crippen molar-refractivity contribution in [3.8, 4) is 0 Å². The van der Waals surface area contributed by atoms with Crippen LogP contribution in [0.1, 0.15) is 26.7 Å². The number of rotatable bonds is 4. The molecule has 0 aliphatic heterocycles. The Morgan fingerprint density at radius 1 is 1.80 bits per heavy atom. The molecule has 2 unspecified atom stereocenters. The van der Waals surface area contributed by atoms with E-state index in [9.17, 15) is 8.76 Å². The summed E-state index contributed by atoms with van der Waals surface area (Å²) in [7, 11) is -4.75. The molecular weight excluding hydrogens is 158 g/mol. The van der Waals surface area contributed by atoms with Gasteiger partial charge in [-0.3, -0.25) is 9.42 Å². The van der Waals surface area contributed by atoms with E-state index in [1.54, 1.807) is 6.92 Å². The van der Waals surface area contributed by atoms with Crippen LogP contribution >= 0.6 is 7.91 Å². The van der Waals surface area contributed by atoms with E-state index in [0.717, 1.165) is 6.42 Å². The van der Waals surface area contributed by atoms with Crippen molar-refractivity contribution in [2.45, 2.75) is 32.8 Å². The van der Waals surface area contributed by atoms with Gasteiger partial charge in [0.1, 0.15) is 0 Å². The number of hydrogen-bond acceptors (Lipinski definition) is 2. The van der Waals surface area contributed by atoms with Crippen LogP contribution < -0.4 is 0 Å². The summed E-state index contributed by atoms with van der Waals surface area (Å²) in [5.41, 5.74) is 0. The van der Waals surface area contributed by atoms with Crippen LogP contribution in [0.2, 0.25) is 0 Å². The van der Waals surface area contributed by atoms with E-state index in [2.05, 4.69) is 4.52 Å². The fourth-order valence-electron chi connectivity index (χ4n) is 0.681. The summed E-state index contributed by atoms with van der Waals surface area (Å²) in [4.78, 5) is 8.08. The summed E-state index contributed by atoms with van der Waals surface area (Å²) in [6, 6.07) is 0. The van der Waals surface area contributed by atoms with Gasteiger partial charge >= 0.3 is 7.91 Å². The Labute approximate surface area is 59.9 Å². The van der Waals surface area contributed by atoms with E-state index in [1.165, 1.54) is 0 Å². The highest BCUT2D eigenvalue weighted by Crippen LogP contribution is 2.45. The van der Waals surface area contributed by atoms with Gasteiger partial charge in [0.25, 0.3) is 0 Å². The summed E-state index contributed by atoms with van der Waals surface area (Å²) < 4.78 is 25.9. The summed E-state index contributed by atoms with van der Waals surface area (Å²) in [6.07, 6.45) is 0.918. The van der Waals surface area contributed by atoms with E-state index in [1.807, 2.05) is 6.92 Å². The monoisotopic (exact) mass is 170 g/mol. The predicted molar refractivity (Wildman–Crippen MR) is 36.4 cm³/mol. The molecule has 0 bridgehead atoms. The average Bonchev–Trinajstić information content (AvgIpc) is 1.59. The third-order valence-corrected chi connectivity index (χ3v) is 1.63. The van der Waals surface area contributed by atoms with Crippen LogP contribution in [0.3, 0.4) is 0 Å². The zero-order valence-electron chi connectivity index (χ0n) is 6.08. The van der Waals surface area contributed by atoms with Crippen molar-refractivity contribution in [3.63, 3.8) is 0 Å². The largest absolute Gasteiger partial charge is 0.510 e. The van der Waals surface area contributed by atoms with Gasteiger partial charge in [0.15, 0.2) is 0 Å². The zero-order valence-corrected chi connectivity index (χ0v) is 6.97. The van der Waals surface area contributed by atoms with Crippen LogP contribution in [0.5, 0.6) is 0 Å². The highest BCUT2D eigenvalue weighted by atomic mass is 31.2. The molecule has 0 spiro atoms. The van der Waals surface area contributed by atoms with E-state index >= 15 is 0 Å². The molecule has 0 rings (SSSR count). The third kappa shape index (κ3) is 6.20. The Balaban J connectivity index is 3.58. The summed E-state index contributed by atoms with van der Waals surface area (Å²) in [5.74, 6) is 0. The molecular formula is C5H12FO3P. The first kappa shape index (κ1) is 10.1. The van der Waals surface area contributed by atoms with Gasteiger partial charge < -0.3 is 0 Å². The molecule has 0 radical (unpaired) electrons. The van der Waals surface area contributed by atoms with Crippen LogP contribution in [-0.4, -0.2) is 11.0 Å². The summed E-state index contributed by atoms with van der Waals surface area (Å²) in [5, 5.41) is 0. The maximum absolute atomic E-state index is 11.9. The van der Waals surface area contributed by atoms with Gasteiger partial charge in [-0.2, -0.15) is 0 Å². The maximum Gasteiger partial charge on any atom is 0.510 e. The SMILES string of the molecule is CCCC(C)OP(=O)(O)F. The molecule has 0 saturated carbocycles. The molecule has 62 valence electrons. The first-order valence-electron chi connectivity index (χ1n) is 3.16. The molecule has 5 heteroatoms. The fraction of sp³-hybridized carbons (Fsp3) is 1.00. The smallest absolute Gasteiger partial charge is 0.299 e. The predicted octanol–water partition coefficient (Wildman–Crippen LogP) is 2.26. The van der Waals surface area contributed by atoms with Gasteiger partial charge in [0.2, 0.25) is 0 Å². The molecule has 0 heterocycles. The molecule has 0 aliphatic carbocycles. The van der Waals surface area contributed by atoms with E-state index in [4.69, 9.17) is 4.89 Å². The topological polar surface area (TPSA) is 46.5 Å². The number of hydrogen-bond donors (Lipinski definition) is 1. The Kier molecular flexibility index (Phi) is 4.09. The lowest BCUT2D eigenvalue weighted by atomic mass is 10.2. The van der Waals surface area contributed by atoms with Gasteiger partial charge in [0, 0.05) is 0 Å². The number of halogens is 1. The summed E-state index contributed by atoms with van der Waals surface area (Å²) in [6.45, 7) is 3.45. The normalized spacial score (nSPS) is 20.0. The van der Waals surface area contributed by atoms with Crippen molar-refractivity contribution in [2.24, 2.45) is 0 Å². The average molecular weight is 170 g/mol. The van der Waals surface area contributed by atoms with Gasteiger partial charge in [-0.15, -0.1) is 4.20 Å². The maximum atomic E-state index is 11.9. The molecule has 0 aromatic heterocycles. The van der Waals surface area contributed by atoms with E-state index in [0.29, 0.717) is 6.42 Å². The van der Waals surface area contributed by atoms with E-state index < -0.39 is 14.0 Å².